The maximum Gasteiger partial charge on any atom is 0.279 e. The zero-order valence-electron chi connectivity index (χ0n) is 13.2. The van der Waals surface area contributed by atoms with Gasteiger partial charge in [0.05, 0.1) is 19.3 Å². The summed E-state index contributed by atoms with van der Waals surface area (Å²) < 4.78 is 39.5. The van der Waals surface area contributed by atoms with E-state index in [0.29, 0.717) is 6.54 Å². The summed E-state index contributed by atoms with van der Waals surface area (Å²) in [7, 11) is 1.80. The van der Waals surface area contributed by atoms with E-state index in [1.807, 2.05) is 42.5 Å². The van der Waals surface area contributed by atoms with Gasteiger partial charge in [-0.3, -0.25) is 4.79 Å². The number of carbonyl (C=O) groups excluding carboxylic acids is 1. The molecule has 1 unspecified atom stereocenters. The molecule has 0 fully saturated rings. The topological polar surface area (TPSA) is 33.5 Å². The Balaban J connectivity index is 1.86. The molecule has 126 valence electrons. The van der Waals surface area contributed by atoms with E-state index in [1.54, 1.807) is 7.05 Å². The second-order valence-corrected chi connectivity index (χ2v) is 5.42. The van der Waals surface area contributed by atoms with E-state index in [1.165, 1.54) is 0 Å². The van der Waals surface area contributed by atoms with Crippen molar-refractivity contribution in [1.82, 2.24) is 0 Å². The maximum atomic E-state index is 13.5. The summed E-state index contributed by atoms with van der Waals surface area (Å²) in [6.45, 7) is 0.653. The Bertz CT molecular complexity index is 733. The SMILES string of the molecule is C[NH+](C/C=C/c1ccccc1)CC(=O)Nc1ccc(F)c(F)c1F. The minimum atomic E-state index is -1.60. The second-order valence-electron chi connectivity index (χ2n) is 5.42. The van der Waals surface area contributed by atoms with Gasteiger partial charge >= 0.3 is 0 Å². The first-order chi connectivity index (χ1) is 11.5. The van der Waals surface area contributed by atoms with Gasteiger partial charge in [-0.2, -0.15) is 0 Å². The molecule has 0 aliphatic heterocycles. The van der Waals surface area contributed by atoms with Gasteiger partial charge < -0.3 is 10.2 Å². The summed E-state index contributed by atoms with van der Waals surface area (Å²) in [5, 5.41) is 2.25. The van der Waals surface area contributed by atoms with Crippen molar-refractivity contribution < 1.29 is 22.9 Å². The van der Waals surface area contributed by atoms with Crippen LogP contribution in [-0.2, 0) is 4.79 Å². The molecule has 2 aromatic carbocycles. The van der Waals surface area contributed by atoms with Gasteiger partial charge in [0.15, 0.2) is 24.0 Å². The summed E-state index contributed by atoms with van der Waals surface area (Å²) in [5.41, 5.74) is 0.685. The number of rotatable bonds is 6. The Hall–Kier alpha value is -2.60. The molecule has 3 nitrogen and oxygen atoms in total. The van der Waals surface area contributed by atoms with E-state index in [4.69, 9.17) is 0 Å². The quantitative estimate of drug-likeness (QED) is 0.780. The first-order valence-corrected chi connectivity index (χ1v) is 7.43. The molecule has 1 atom stereocenters. The lowest BCUT2D eigenvalue weighted by Gasteiger charge is -2.12. The molecule has 0 saturated carbocycles. The van der Waals surface area contributed by atoms with Gasteiger partial charge in [0, 0.05) is 0 Å². The highest BCUT2D eigenvalue weighted by Gasteiger charge is 2.16. The average molecular weight is 335 g/mol. The highest BCUT2D eigenvalue weighted by molar-refractivity contribution is 5.91. The number of hydrogen-bond donors (Lipinski definition) is 2. The van der Waals surface area contributed by atoms with Crippen molar-refractivity contribution in [2.45, 2.75) is 0 Å². The molecule has 0 aromatic heterocycles. The molecule has 0 aliphatic rings. The van der Waals surface area contributed by atoms with Crippen LogP contribution in [0, 0.1) is 17.5 Å². The molecular formula is C18H18F3N2O+. The number of hydrogen-bond acceptors (Lipinski definition) is 1. The van der Waals surface area contributed by atoms with Crippen molar-refractivity contribution in [3.8, 4) is 0 Å². The van der Waals surface area contributed by atoms with Crippen LogP contribution in [0.1, 0.15) is 5.56 Å². The molecule has 0 aliphatic carbocycles. The monoisotopic (exact) mass is 335 g/mol. The third kappa shape index (κ3) is 4.96. The number of anilines is 1. The molecule has 2 rings (SSSR count). The summed E-state index contributed by atoms with van der Waals surface area (Å²) in [5.74, 6) is -4.77. The van der Waals surface area contributed by atoms with Crippen LogP contribution in [0.3, 0.4) is 0 Å². The third-order valence-electron chi connectivity index (χ3n) is 3.35. The van der Waals surface area contributed by atoms with E-state index in [2.05, 4.69) is 5.32 Å². The number of halogens is 3. The fourth-order valence-electron chi connectivity index (χ4n) is 2.12. The van der Waals surface area contributed by atoms with Crippen LogP contribution in [0.4, 0.5) is 18.9 Å². The molecule has 2 N–H and O–H groups in total. The van der Waals surface area contributed by atoms with Gasteiger partial charge in [0.1, 0.15) is 0 Å². The smallest absolute Gasteiger partial charge is 0.279 e. The number of carbonyl (C=O) groups is 1. The molecule has 0 spiro atoms. The highest BCUT2D eigenvalue weighted by Crippen LogP contribution is 2.19. The molecular weight excluding hydrogens is 317 g/mol. The number of nitrogens with one attached hydrogen (secondary N) is 2. The normalized spacial score (nSPS) is 12.3. The Labute approximate surface area is 138 Å². The van der Waals surface area contributed by atoms with Crippen LogP contribution in [0.25, 0.3) is 6.08 Å². The van der Waals surface area contributed by atoms with Crippen molar-refractivity contribution in [3.05, 3.63) is 71.6 Å². The summed E-state index contributed by atoms with van der Waals surface area (Å²) in [6.07, 6.45) is 3.87. The highest BCUT2D eigenvalue weighted by atomic mass is 19.2. The predicted octanol–water partition coefficient (Wildman–Crippen LogP) is 2.27. The van der Waals surface area contributed by atoms with Gasteiger partial charge in [-0.1, -0.05) is 36.4 Å². The van der Waals surface area contributed by atoms with Crippen molar-refractivity contribution in [2.75, 3.05) is 25.5 Å². The molecule has 0 saturated heterocycles. The second kappa shape index (κ2) is 8.31. The van der Waals surface area contributed by atoms with Crippen molar-refractivity contribution >= 4 is 17.7 Å². The van der Waals surface area contributed by atoms with Crippen LogP contribution in [0.15, 0.2) is 48.5 Å². The largest absolute Gasteiger partial charge is 0.326 e. The van der Waals surface area contributed by atoms with Gasteiger partial charge in [0.2, 0.25) is 0 Å². The van der Waals surface area contributed by atoms with Gasteiger partial charge in [0.25, 0.3) is 5.91 Å². The number of amides is 1. The van der Waals surface area contributed by atoms with E-state index in [9.17, 15) is 18.0 Å². The van der Waals surface area contributed by atoms with Crippen molar-refractivity contribution in [1.29, 1.82) is 0 Å². The van der Waals surface area contributed by atoms with Crippen LogP contribution < -0.4 is 10.2 Å². The summed E-state index contributed by atoms with van der Waals surface area (Å²) >= 11 is 0. The predicted molar refractivity (Wildman–Crippen MR) is 87.0 cm³/mol. The zero-order chi connectivity index (χ0) is 17.5. The minimum absolute atomic E-state index is 0.0670. The van der Waals surface area contributed by atoms with Crippen LogP contribution in [-0.4, -0.2) is 26.0 Å². The lowest BCUT2D eigenvalue weighted by molar-refractivity contribution is -0.864. The zero-order valence-corrected chi connectivity index (χ0v) is 13.2. The molecule has 0 radical (unpaired) electrons. The van der Waals surface area contributed by atoms with E-state index < -0.39 is 23.4 Å². The lowest BCUT2D eigenvalue weighted by Crippen LogP contribution is -3.09. The summed E-state index contributed by atoms with van der Waals surface area (Å²) in [4.78, 5) is 12.7. The number of likely N-dealkylation sites (N-methyl/N-ethyl adjacent to an activating group) is 1. The Kier molecular flexibility index (Phi) is 6.14. The Morgan fingerprint density at radius 3 is 2.50 bits per heavy atom. The lowest BCUT2D eigenvalue weighted by atomic mass is 10.2. The fourth-order valence-corrected chi connectivity index (χ4v) is 2.12. The molecule has 6 heteroatoms. The van der Waals surface area contributed by atoms with Crippen LogP contribution in [0.2, 0.25) is 0 Å². The van der Waals surface area contributed by atoms with E-state index in [0.717, 1.165) is 22.6 Å². The molecule has 1 amide bonds. The van der Waals surface area contributed by atoms with Gasteiger partial charge in [-0.25, -0.2) is 13.2 Å². The van der Waals surface area contributed by atoms with E-state index in [-0.39, 0.29) is 12.2 Å². The van der Waals surface area contributed by atoms with Crippen LogP contribution in [0.5, 0.6) is 0 Å². The Morgan fingerprint density at radius 2 is 1.79 bits per heavy atom. The maximum absolute atomic E-state index is 13.5. The van der Waals surface area contributed by atoms with Crippen LogP contribution >= 0.6 is 0 Å². The van der Waals surface area contributed by atoms with E-state index >= 15 is 0 Å². The molecule has 2 aromatic rings. The van der Waals surface area contributed by atoms with Gasteiger partial charge in [-0.15, -0.1) is 0 Å². The first-order valence-electron chi connectivity index (χ1n) is 7.43. The average Bonchev–Trinajstić information content (AvgIpc) is 2.56. The third-order valence-corrected chi connectivity index (χ3v) is 3.35. The van der Waals surface area contributed by atoms with Crippen molar-refractivity contribution in [3.63, 3.8) is 0 Å². The first kappa shape index (κ1) is 17.7. The minimum Gasteiger partial charge on any atom is -0.326 e. The molecule has 0 bridgehead atoms. The molecule has 0 heterocycles. The standard InChI is InChI=1S/C18H17F3N2O/c1-23(11-5-8-13-6-3-2-4-7-13)12-16(24)22-15-10-9-14(19)17(20)18(15)21/h2-10H,11-12H2,1H3,(H,22,24)/p+1/b8-5+. The number of benzene rings is 2. The fraction of sp³-hybridized carbons (Fsp3) is 0.167. The molecule has 24 heavy (non-hydrogen) atoms. The van der Waals surface area contributed by atoms with Gasteiger partial charge in [-0.05, 0) is 23.8 Å². The number of quaternary nitrogens is 1. The van der Waals surface area contributed by atoms with Crippen molar-refractivity contribution in [2.24, 2.45) is 0 Å². The Morgan fingerprint density at radius 1 is 1.08 bits per heavy atom. The summed E-state index contributed by atoms with van der Waals surface area (Å²) in [6, 6.07) is 11.5.